The molecular weight excluding hydrogens is 259 g/mol. The predicted octanol–water partition coefficient (Wildman–Crippen LogP) is 2.18. The van der Waals surface area contributed by atoms with Crippen LogP contribution in [0.4, 0.5) is 19.0 Å². The van der Waals surface area contributed by atoms with E-state index < -0.39 is 11.9 Å². The standard InChI is InChI=1S/C12H14F3N3O/c13-12(14,15)9-5-3-6-10(17-9)18-11(19)8-4-1-2-7-16-8/h3,5-6,8,16H,1-2,4,7H2,(H,17,18,19). The Morgan fingerprint density at radius 2 is 2.16 bits per heavy atom. The Morgan fingerprint density at radius 1 is 1.37 bits per heavy atom. The molecule has 2 rings (SSSR count). The van der Waals surface area contributed by atoms with Crippen LogP contribution < -0.4 is 10.6 Å². The minimum absolute atomic E-state index is 0.0767. The Hall–Kier alpha value is -1.63. The molecule has 1 aromatic heterocycles. The lowest BCUT2D eigenvalue weighted by atomic mass is 10.0. The molecule has 19 heavy (non-hydrogen) atoms. The van der Waals surface area contributed by atoms with Gasteiger partial charge in [-0.15, -0.1) is 0 Å². The highest BCUT2D eigenvalue weighted by Crippen LogP contribution is 2.28. The van der Waals surface area contributed by atoms with Crippen molar-refractivity contribution in [3.63, 3.8) is 0 Å². The van der Waals surface area contributed by atoms with E-state index in [1.54, 1.807) is 0 Å². The van der Waals surface area contributed by atoms with Crippen molar-refractivity contribution in [3.05, 3.63) is 23.9 Å². The van der Waals surface area contributed by atoms with Crippen molar-refractivity contribution in [1.29, 1.82) is 0 Å². The molecule has 1 amide bonds. The molecule has 2 N–H and O–H groups in total. The van der Waals surface area contributed by atoms with Gasteiger partial charge in [0.1, 0.15) is 11.5 Å². The summed E-state index contributed by atoms with van der Waals surface area (Å²) in [5, 5.41) is 5.43. The van der Waals surface area contributed by atoms with E-state index in [1.165, 1.54) is 12.1 Å². The minimum atomic E-state index is -4.51. The zero-order valence-electron chi connectivity index (χ0n) is 10.1. The molecule has 0 aromatic carbocycles. The Morgan fingerprint density at radius 3 is 2.79 bits per heavy atom. The van der Waals surface area contributed by atoms with Gasteiger partial charge in [0.25, 0.3) is 0 Å². The molecule has 7 heteroatoms. The van der Waals surface area contributed by atoms with Crippen LogP contribution in [0.15, 0.2) is 18.2 Å². The van der Waals surface area contributed by atoms with Crippen molar-refractivity contribution < 1.29 is 18.0 Å². The Balaban J connectivity index is 2.04. The number of rotatable bonds is 2. The van der Waals surface area contributed by atoms with Gasteiger partial charge in [0.05, 0.1) is 6.04 Å². The van der Waals surface area contributed by atoms with Crippen molar-refractivity contribution in [2.75, 3.05) is 11.9 Å². The van der Waals surface area contributed by atoms with Crippen LogP contribution in [0.1, 0.15) is 25.0 Å². The first-order valence-electron chi connectivity index (χ1n) is 6.05. The molecule has 0 bridgehead atoms. The van der Waals surface area contributed by atoms with Gasteiger partial charge in [0.2, 0.25) is 5.91 Å². The molecule has 4 nitrogen and oxygen atoms in total. The molecule has 1 unspecified atom stereocenters. The minimum Gasteiger partial charge on any atom is -0.309 e. The smallest absolute Gasteiger partial charge is 0.309 e. The summed E-state index contributed by atoms with van der Waals surface area (Å²) in [5.74, 6) is -0.418. The average molecular weight is 273 g/mol. The van der Waals surface area contributed by atoms with Crippen LogP contribution in [0.2, 0.25) is 0 Å². The molecule has 1 saturated heterocycles. The van der Waals surface area contributed by atoms with Crippen LogP contribution >= 0.6 is 0 Å². The number of amides is 1. The molecule has 0 spiro atoms. The van der Waals surface area contributed by atoms with Crippen molar-refractivity contribution in [2.24, 2.45) is 0 Å². The molecule has 1 aliphatic heterocycles. The van der Waals surface area contributed by atoms with Gasteiger partial charge in [0, 0.05) is 0 Å². The van der Waals surface area contributed by atoms with Crippen LogP contribution in [0, 0.1) is 0 Å². The van der Waals surface area contributed by atoms with Crippen molar-refractivity contribution in [3.8, 4) is 0 Å². The Kier molecular flexibility index (Phi) is 4.04. The number of hydrogen-bond donors (Lipinski definition) is 2. The summed E-state index contributed by atoms with van der Waals surface area (Å²) in [6.07, 6.45) is -1.89. The van der Waals surface area contributed by atoms with E-state index in [0.717, 1.165) is 25.5 Å². The van der Waals surface area contributed by atoms with Crippen LogP contribution in [-0.2, 0) is 11.0 Å². The van der Waals surface area contributed by atoms with E-state index in [2.05, 4.69) is 15.6 Å². The third-order valence-electron chi connectivity index (χ3n) is 2.92. The van der Waals surface area contributed by atoms with E-state index in [1.807, 2.05) is 0 Å². The maximum atomic E-state index is 12.5. The van der Waals surface area contributed by atoms with Gasteiger partial charge in [-0.3, -0.25) is 4.79 Å². The quantitative estimate of drug-likeness (QED) is 0.868. The van der Waals surface area contributed by atoms with Gasteiger partial charge in [-0.05, 0) is 31.5 Å². The summed E-state index contributed by atoms with van der Waals surface area (Å²) in [6.45, 7) is 0.744. The molecule has 1 aromatic rings. The number of pyridine rings is 1. The van der Waals surface area contributed by atoms with Crippen molar-refractivity contribution >= 4 is 11.7 Å². The molecule has 0 saturated carbocycles. The number of hydrogen-bond acceptors (Lipinski definition) is 3. The third-order valence-corrected chi connectivity index (χ3v) is 2.92. The van der Waals surface area contributed by atoms with E-state index in [-0.39, 0.29) is 17.8 Å². The van der Waals surface area contributed by atoms with Gasteiger partial charge < -0.3 is 10.6 Å². The largest absolute Gasteiger partial charge is 0.433 e. The topological polar surface area (TPSA) is 54.0 Å². The molecule has 104 valence electrons. The zero-order chi connectivity index (χ0) is 13.9. The molecular formula is C12H14F3N3O. The van der Waals surface area contributed by atoms with Crippen molar-refractivity contribution in [2.45, 2.75) is 31.5 Å². The van der Waals surface area contributed by atoms with Gasteiger partial charge in [-0.25, -0.2) is 4.98 Å². The number of halogens is 3. The normalized spacial score (nSPS) is 20.1. The molecule has 0 aliphatic carbocycles. The second kappa shape index (κ2) is 5.56. The summed E-state index contributed by atoms with van der Waals surface area (Å²) >= 11 is 0. The Labute approximate surface area is 108 Å². The summed E-state index contributed by atoms with van der Waals surface area (Å²) in [5.41, 5.74) is -1.01. The highest BCUT2D eigenvalue weighted by Gasteiger charge is 2.32. The summed E-state index contributed by atoms with van der Waals surface area (Å²) in [4.78, 5) is 15.2. The number of nitrogens with zero attached hydrogens (tertiary/aromatic N) is 1. The van der Waals surface area contributed by atoms with Crippen molar-refractivity contribution in [1.82, 2.24) is 10.3 Å². The number of carbonyl (C=O) groups is 1. The molecule has 1 atom stereocenters. The highest BCUT2D eigenvalue weighted by atomic mass is 19.4. The van der Waals surface area contributed by atoms with Crippen LogP contribution in [0.3, 0.4) is 0 Å². The first-order chi connectivity index (χ1) is 8.97. The lowest BCUT2D eigenvalue weighted by molar-refractivity contribution is -0.141. The zero-order valence-corrected chi connectivity index (χ0v) is 10.1. The SMILES string of the molecule is O=C(Nc1cccc(C(F)(F)F)n1)C1CCCCN1. The lowest BCUT2D eigenvalue weighted by Crippen LogP contribution is -2.43. The maximum Gasteiger partial charge on any atom is 0.433 e. The maximum absolute atomic E-state index is 12.5. The van der Waals surface area contributed by atoms with E-state index in [0.29, 0.717) is 6.42 Å². The molecule has 1 aliphatic rings. The number of alkyl halides is 3. The predicted molar refractivity (Wildman–Crippen MR) is 63.5 cm³/mol. The number of anilines is 1. The number of carbonyl (C=O) groups excluding carboxylic acids is 1. The summed E-state index contributed by atoms with van der Waals surface area (Å²) in [7, 11) is 0. The number of nitrogens with one attached hydrogen (secondary N) is 2. The second-order valence-electron chi connectivity index (χ2n) is 4.40. The fourth-order valence-electron chi connectivity index (χ4n) is 1.95. The monoisotopic (exact) mass is 273 g/mol. The highest BCUT2D eigenvalue weighted by molar-refractivity contribution is 5.94. The fraction of sp³-hybridized carbons (Fsp3) is 0.500. The summed E-state index contributed by atoms with van der Waals surface area (Å²) < 4.78 is 37.4. The third kappa shape index (κ3) is 3.66. The van der Waals surface area contributed by atoms with Crippen LogP contribution in [-0.4, -0.2) is 23.5 Å². The van der Waals surface area contributed by atoms with Crippen LogP contribution in [0.25, 0.3) is 0 Å². The number of aromatic nitrogens is 1. The molecule has 0 radical (unpaired) electrons. The summed E-state index contributed by atoms with van der Waals surface area (Å²) in [6, 6.07) is 3.08. The first-order valence-corrected chi connectivity index (χ1v) is 6.05. The first kappa shape index (κ1) is 13.8. The fourth-order valence-corrected chi connectivity index (χ4v) is 1.95. The Bertz CT molecular complexity index is 456. The number of piperidine rings is 1. The molecule has 2 heterocycles. The van der Waals surface area contributed by atoms with Gasteiger partial charge in [-0.1, -0.05) is 12.5 Å². The van der Waals surface area contributed by atoms with E-state index in [9.17, 15) is 18.0 Å². The van der Waals surface area contributed by atoms with E-state index in [4.69, 9.17) is 0 Å². The van der Waals surface area contributed by atoms with Gasteiger partial charge in [0.15, 0.2) is 0 Å². The van der Waals surface area contributed by atoms with Gasteiger partial charge >= 0.3 is 6.18 Å². The lowest BCUT2D eigenvalue weighted by Gasteiger charge is -2.22. The second-order valence-corrected chi connectivity index (χ2v) is 4.40. The van der Waals surface area contributed by atoms with Gasteiger partial charge in [-0.2, -0.15) is 13.2 Å². The average Bonchev–Trinajstić information content (AvgIpc) is 2.39. The molecule has 1 fully saturated rings. The van der Waals surface area contributed by atoms with Crippen LogP contribution in [0.5, 0.6) is 0 Å². The van der Waals surface area contributed by atoms with E-state index >= 15 is 0 Å².